The standard InChI is InChI=1S/C26H38N2O7S2/c1-7-16-27-37(33,34)26(5,6)22-14-12-20(13-15-22)19-8-10-21(11-9-19)23(29)17-28(36(31)32)18-24(30)35-25(2,3)4/h8-15,23,27,29H,7,16-18H2,1-6H3,(H,31,32). The van der Waals surface area contributed by atoms with Gasteiger partial charge in [0.1, 0.15) is 16.9 Å². The lowest BCUT2D eigenvalue weighted by molar-refractivity contribution is -0.155. The normalized spacial score (nSPS) is 14.4. The van der Waals surface area contributed by atoms with Crippen molar-refractivity contribution in [2.75, 3.05) is 19.6 Å². The molecule has 0 bridgehead atoms. The lowest BCUT2D eigenvalue weighted by Gasteiger charge is -2.26. The summed E-state index contributed by atoms with van der Waals surface area (Å²) in [6, 6.07) is 14.2. The summed E-state index contributed by atoms with van der Waals surface area (Å²) in [6.07, 6.45) is -0.407. The molecule has 2 unspecified atom stereocenters. The Labute approximate surface area is 222 Å². The highest BCUT2D eigenvalue weighted by atomic mass is 32.2. The average molecular weight is 555 g/mol. The average Bonchev–Trinajstić information content (AvgIpc) is 2.81. The van der Waals surface area contributed by atoms with E-state index in [-0.39, 0.29) is 6.54 Å². The molecule has 0 saturated carbocycles. The van der Waals surface area contributed by atoms with Crippen molar-refractivity contribution in [2.45, 2.75) is 64.4 Å². The van der Waals surface area contributed by atoms with Crippen molar-refractivity contribution in [1.29, 1.82) is 0 Å². The third kappa shape index (κ3) is 8.69. The van der Waals surface area contributed by atoms with Gasteiger partial charge in [0.05, 0.1) is 6.10 Å². The van der Waals surface area contributed by atoms with Crippen LogP contribution in [-0.2, 0) is 35.6 Å². The molecule has 0 heterocycles. The van der Waals surface area contributed by atoms with Crippen molar-refractivity contribution in [3.63, 3.8) is 0 Å². The Morgan fingerprint density at radius 3 is 2.00 bits per heavy atom. The Hall–Kier alpha value is -2.15. The van der Waals surface area contributed by atoms with E-state index in [1.54, 1.807) is 71.0 Å². The zero-order valence-corrected chi connectivity index (χ0v) is 23.9. The van der Waals surface area contributed by atoms with Gasteiger partial charge in [-0.15, -0.1) is 0 Å². The minimum Gasteiger partial charge on any atom is -0.459 e. The smallest absolute Gasteiger partial charge is 0.321 e. The molecule has 37 heavy (non-hydrogen) atoms. The summed E-state index contributed by atoms with van der Waals surface area (Å²) < 4.78 is 54.3. The number of esters is 1. The highest BCUT2D eigenvalue weighted by molar-refractivity contribution is 7.90. The Morgan fingerprint density at radius 2 is 1.54 bits per heavy atom. The molecule has 9 nitrogen and oxygen atoms in total. The van der Waals surface area contributed by atoms with E-state index in [0.29, 0.717) is 24.1 Å². The van der Waals surface area contributed by atoms with Crippen LogP contribution >= 0.6 is 0 Å². The van der Waals surface area contributed by atoms with Crippen LogP contribution in [0.25, 0.3) is 11.1 Å². The largest absolute Gasteiger partial charge is 0.459 e. The molecule has 0 aliphatic rings. The first-order valence-corrected chi connectivity index (χ1v) is 14.6. The number of nitrogens with one attached hydrogen (secondary N) is 1. The number of nitrogens with zero attached hydrogens (tertiary/aromatic N) is 1. The summed E-state index contributed by atoms with van der Waals surface area (Å²) in [7, 11) is -3.55. The topological polar surface area (TPSA) is 133 Å². The van der Waals surface area contributed by atoms with E-state index in [4.69, 9.17) is 4.74 Å². The second-order valence-electron chi connectivity index (χ2n) is 10.3. The van der Waals surface area contributed by atoms with Crippen molar-refractivity contribution >= 4 is 27.3 Å². The number of aliphatic hydroxyl groups is 1. The van der Waals surface area contributed by atoms with E-state index < -0.39 is 50.3 Å². The van der Waals surface area contributed by atoms with Gasteiger partial charge in [-0.05, 0) is 63.3 Å². The predicted molar refractivity (Wildman–Crippen MR) is 145 cm³/mol. The Balaban J connectivity index is 2.12. The SMILES string of the molecule is CCCNS(=O)(=O)C(C)(C)c1ccc(-c2ccc(C(O)CN(CC(=O)OC(C)(C)C)S(=O)O)cc2)cc1. The maximum Gasteiger partial charge on any atom is 0.321 e. The number of sulfonamides is 1. The van der Waals surface area contributed by atoms with Crippen LogP contribution in [0.5, 0.6) is 0 Å². The summed E-state index contributed by atoms with van der Waals surface area (Å²) in [6.45, 7) is 10.0. The first-order chi connectivity index (χ1) is 17.1. The first-order valence-electron chi connectivity index (χ1n) is 12.0. The van der Waals surface area contributed by atoms with Crippen LogP contribution in [0.3, 0.4) is 0 Å². The molecule has 2 aromatic carbocycles. The van der Waals surface area contributed by atoms with Crippen molar-refractivity contribution in [3.8, 4) is 11.1 Å². The molecule has 11 heteroatoms. The van der Waals surface area contributed by atoms with Gasteiger partial charge >= 0.3 is 5.97 Å². The van der Waals surface area contributed by atoms with Gasteiger partial charge in [0, 0.05) is 13.1 Å². The van der Waals surface area contributed by atoms with Gasteiger partial charge in [0.2, 0.25) is 21.3 Å². The monoisotopic (exact) mass is 554 g/mol. The maximum absolute atomic E-state index is 12.7. The number of benzene rings is 2. The molecule has 0 spiro atoms. The van der Waals surface area contributed by atoms with Crippen molar-refractivity contribution in [1.82, 2.24) is 9.03 Å². The van der Waals surface area contributed by atoms with Crippen LogP contribution < -0.4 is 4.72 Å². The van der Waals surface area contributed by atoms with Gasteiger partial charge in [0.15, 0.2) is 0 Å². The van der Waals surface area contributed by atoms with Crippen LogP contribution in [0.2, 0.25) is 0 Å². The molecule has 0 aliphatic carbocycles. The van der Waals surface area contributed by atoms with E-state index >= 15 is 0 Å². The van der Waals surface area contributed by atoms with Gasteiger partial charge in [-0.3, -0.25) is 9.35 Å². The Kier molecular flexibility index (Phi) is 10.6. The van der Waals surface area contributed by atoms with Crippen molar-refractivity contribution in [2.24, 2.45) is 0 Å². The molecule has 0 amide bonds. The van der Waals surface area contributed by atoms with Crippen molar-refractivity contribution < 1.29 is 31.8 Å². The molecule has 0 aromatic heterocycles. The summed E-state index contributed by atoms with van der Waals surface area (Å²) in [4.78, 5) is 12.1. The minimum atomic E-state index is -3.55. The molecule has 2 aromatic rings. The molecular formula is C26H38N2O7S2. The fraction of sp³-hybridized carbons (Fsp3) is 0.500. The molecule has 0 radical (unpaired) electrons. The third-order valence-electron chi connectivity index (χ3n) is 5.75. The summed E-state index contributed by atoms with van der Waals surface area (Å²) in [5.41, 5.74) is 2.15. The lowest BCUT2D eigenvalue weighted by Crippen LogP contribution is -2.39. The summed E-state index contributed by atoms with van der Waals surface area (Å²) >= 11 is -2.47. The van der Waals surface area contributed by atoms with Crippen LogP contribution in [-0.4, -0.2) is 57.8 Å². The van der Waals surface area contributed by atoms with Crippen LogP contribution in [0.4, 0.5) is 0 Å². The zero-order valence-electron chi connectivity index (χ0n) is 22.2. The molecular weight excluding hydrogens is 516 g/mol. The molecule has 206 valence electrons. The van der Waals surface area contributed by atoms with Gasteiger partial charge in [0.25, 0.3) is 0 Å². The number of ether oxygens (including phenoxy) is 1. The lowest BCUT2D eigenvalue weighted by atomic mass is 9.97. The van der Waals surface area contributed by atoms with Crippen LogP contribution in [0.1, 0.15) is 65.2 Å². The van der Waals surface area contributed by atoms with E-state index in [9.17, 15) is 27.1 Å². The molecule has 0 aliphatic heterocycles. The van der Waals surface area contributed by atoms with E-state index in [0.717, 1.165) is 15.4 Å². The predicted octanol–water partition coefficient (Wildman–Crippen LogP) is 3.73. The number of carbonyl (C=O) groups excluding carboxylic acids is 1. The van der Waals surface area contributed by atoms with E-state index in [2.05, 4.69) is 4.72 Å². The highest BCUT2D eigenvalue weighted by Gasteiger charge is 2.35. The summed E-state index contributed by atoms with van der Waals surface area (Å²) in [5.74, 6) is -0.669. The molecule has 3 N–H and O–H groups in total. The maximum atomic E-state index is 12.7. The van der Waals surface area contributed by atoms with Crippen LogP contribution in [0.15, 0.2) is 48.5 Å². The molecule has 2 rings (SSSR count). The number of aliphatic hydroxyl groups excluding tert-OH is 1. The van der Waals surface area contributed by atoms with Gasteiger partial charge in [-0.25, -0.2) is 17.3 Å². The minimum absolute atomic E-state index is 0.244. The van der Waals surface area contributed by atoms with Gasteiger partial charge in [-0.1, -0.05) is 55.5 Å². The highest BCUT2D eigenvalue weighted by Crippen LogP contribution is 2.31. The second-order valence-corrected chi connectivity index (χ2v) is 13.6. The molecule has 2 atom stereocenters. The number of hydrogen-bond donors (Lipinski definition) is 3. The quantitative estimate of drug-likeness (QED) is 0.269. The van der Waals surface area contributed by atoms with Crippen LogP contribution in [0, 0.1) is 0 Å². The van der Waals surface area contributed by atoms with Gasteiger partial charge < -0.3 is 9.84 Å². The fourth-order valence-corrected chi connectivity index (χ4v) is 5.30. The first kappa shape index (κ1) is 31.1. The summed E-state index contributed by atoms with van der Waals surface area (Å²) in [5, 5.41) is 10.6. The molecule has 0 fully saturated rings. The Morgan fingerprint density at radius 1 is 1.03 bits per heavy atom. The van der Waals surface area contributed by atoms with Crippen molar-refractivity contribution in [3.05, 3.63) is 59.7 Å². The van der Waals surface area contributed by atoms with E-state index in [1.165, 1.54) is 0 Å². The molecule has 0 saturated heterocycles. The number of hydrogen-bond acceptors (Lipinski definition) is 6. The fourth-order valence-electron chi connectivity index (χ4n) is 3.53. The third-order valence-corrected chi connectivity index (χ3v) is 8.63. The van der Waals surface area contributed by atoms with E-state index in [1.807, 2.05) is 19.1 Å². The number of carbonyl (C=O) groups is 1. The zero-order chi connectivity index (χ0) is 28.0. The van der Waals surface area contributed by atoms with Gasteiger partial charge in [-0.2, -0.15) is 4.31 Å². The number of rotatable bonds is 12. The second kappa shape index (κ2) is 12.6. The Bertz CT molecular complexity index is 1170.